The molecule has 1 atom stereocenters. The molecule has 1 N–H and O–H groups in total. The van der Waals surface area contributed by atoms with Crippen LogP contribution in [0.15, 0.2) is 40.9 Å². The fourth-order valence-electron chi connectivity index (χ4n) is 3.88. The van der Waals surface area contributed by atoms with E-state index in [1.807, 2.05) is 32.0 Å². The maximum atomic E-state index is 9.46. The Morgan fingerprint density at radius 2 is 2.17 bits per heavy atom. The molecule has 6 nitrogen and oxygen atoms in total. The van der Waals surface area contributed by atoms with Gasteiger partial charge in [-0.25, -0.2) is 0 Å². The minimum atomic E-state index is -0.00541. The quantitative estimate of drug-likeness (QED) is 0.661. The Balaban J connectivity index is 1.66. The predicted molar refractivity (Wildman–Crippen MR) is 110 cm³/mol. The van der Waals surface area contributed by atoms with Crippen LogP contribution >= 0.6 is 0 Å². The van der Waals surface area contributed by atoms with Crippen molar-refractivity contribution in [2.75, 3.05) is 6.54 Å². The minimum absolute atomic E-state index is 0.00541. The van der Waals surface area contributed by atoms with E-state index in [2.05, 4.69) is 34.5 Å². The van der Waals surface area contributed by atoms with Crippen LogP contribution in [0.3, 0.4) is 0 Å². The summed E-state index contributed by atoms with van der Waals surface area (Å²) in [7, 11) is 0. The largest absolute Gasteiger partial charge is 0.490 e. The summed E-state index contributed by atoms with van der Waals surface area (Å²) in [5.41, 5.74) is 4.76. The third kappa shape index (κ3) is 3.74. The molecule has 0 saturated heterocycles. The Kier molecular flexibility index (Phi) is 5.32. The summed E-state index contributed by atoms with van der Waals surface area (Å²) < 4.78 is 11.2. The Bertz CT molecular complexity index is 1060. The van der Waals surface area contributed by atoms with Gasteiger partial charge in [-0.15, -0.1) is 0 Å². The van der Waals surface area contributed by atoms with Gasteiger partial charge in [0.2, 0.25) is 5.82 Å². The van der Waals surface area contributed by atoms with E-state index < -0.39 is 0 Å². The highest BCUT2D eigenvalue weighted by Gasteiger charge is 2.26. The predicted octanol–water partition coefficient (Wildman–Crippen LogP) is 4.66. The van der Waals surface area contributed by atoms with Crippen molar-refractivity contribution in [3.05, 3.63) is 53.1 Å². The van der Waals surface area contributed by atoms with Crippen LogP contribution in [0.1, 0.15) is 49.9 Å². The van der Waals surface area contributed by atoms with Crippen molar-refractivity contribution < 1.29 is 9.26 Å². The molecule has 0 saturated carbocycles. The fourth-order valence-corrected chi connectivity index (χ4v) is 3.88. The highest BCUT2D eigenvalue weighted by Crippen LogP contribution is 2.37. The number of aromatic nitrogens is 2. The standard InChI is InChI=1S/C23H24N4O2/c1-4-25-20-10-9-17-18(20)6-5-7-19(17)22-26-23(29-27-22)15-8-11-21(28-14(2)3)16(12-15)13-24/h5-8,11-12,14,20,25H,4,9-10H2,1-3H3/t20-/m0/s1. The monoisotopic (exact) mass is 388 g/mol. The second-order valence-corrected chi connectivity index (χ2v) is 7.43. The average molecular weight is 388 g/mol. The van der Waals surface area contributed by atoms with Gasteiger partial charge in [0.05, 0.1) is 11.7 Å². The molecule has 3 aromatic rings. The fraction of sp³-hybridized carbons (Fsp3) is 0.348. The minimum Gasteiger partial charge on any atom is -0.490 e. The van der Waals surface area contributed by atoms with Crippen molar-refractivity contribution in [2.24, 2.45) is 0 Å². The van der Waals surface area contributed by atoms with Gasteiger partial charge in [0.1, 0.15) is 11.8 Å². The number of fused-ring (bicyclic) bond motifs is 1. The molecule has 1 aromatic heterocycles. The van der Waals surface area contributed by atoms with Crippen LogP contribution in [0, 0.1) is 11.3 Å². The maximum absolute atomic E-state index is 9.46. The summed E-state index contributed by atoms with van der Waals surface area (Å²) in [5.74, 6) is 1.53. The van der Waals surface area contributed by atoms with Crippen molar-refractivity contribution >= 4 is 0 Å². The molecule has 0 aliphatic heterocycles. The molecule has 0 fully saturated rings. The Labute approximate surface area is 170 Å². The van der Waals surface area contributed by atoms with Gasteiger partial charge in [-0.05, 0) is 62.6 Å². The highest BCUT2D eigenvalue weighted by atomic mass is 16.5. The van der Waals surface area contributed by atoms with E-state index >= 15 is 0 Å². The first-order chi connectivity index (χ1) is 14.1. The molecule has 1 heterocycles. The zero-order valence-corrected chi connectivity index (χ0v) is 16.9. The summed E-state index contributed by atoms with van der Waals surface area (Å²) in [6, 6.07) is 14.2. The number of rotatable bonds is 6. The number of hydrogen-bond acceptors (Lipinski definition) is 6. The zero-order valence-electron chi connectivity index (χ0n) is 16.9. The number of nitriles is 1. The van der Waals surface area contributed by atoms with E-state index in [0.717, 1.165) is 24.9 Å². The number of nitrogens with one attached hydrogen (secondary N) is 1. The second kappa shape index (κ2) is 8.06. The van der Waals surface area contributed by atoms with Gasteiger partial charge in [-0.2, -0.15) is 10.2 Å². The van der Waals surface area contributed by atoms with Gasteiger partial charge in [0, 0.05) is 17.2 Å². The average Bonchev–Trinajstić information content (AvgIpc) is 3.36. The van der Waals surface area contributed by atoms with E-state index in [0.29, 0.717) is 34.6 Å². The first kappa shape index (κ1) is 19.2. The molecule has 4 rings (SSSR count). The van der Waals surface area contributed by atoms with Crippen molar-refractivity contribution in [1.29, 1.82) is 5.26 Å². The van der Waals surface area contributed by atoms with E-state index in [9.17, 15) is 5.26 Å². The van der Waals surface area contributed by atoms with Crippen molar-refractivity contribution in [3.8, 4) is 34.7 Å². The van der Waals surface area contributed by atoms with Gasteiger partial charge in [0.15, 0.2) is 0 Å². The van der Waals surface area contributed by atoms with E-state index in [1.54, 1.807) is 12.1 Å². The van der Waals surface area contributed by atoms with Crippen molar-refractivity contribution in [3.63, 3.8) is 0 Å². The van der Waals surface area contributed by atoms with Gasteiger partial charge < -0.3 is 14.6 Å². The van der Waals surface area contributed by atoms with Crippen LogP contribution in [0.5, 0.6) is 5.75 Å². The smallest absolute Gasteiger partial charge is 0.258 e. The molecular weight excluding hydrogens is 364 g/mol. The summed E-state index contributed by atoms with van der Waals surface area (Å²) >= 11 is 0. The molecule has 0 spiro atoms. The van der Waals surface area contributed by atoms with Crippen LogP contribution in [0.4, 0.5) is 0 Å². The summed E-state index contributed by atoms with van der Waals surface area (Å²) in [6.45, 7) is 6.93. The molecule has 1 aliphatic rings. The number of benzene rings is 2. The SMILES string of the molecule is CCN[C@H]1CCc2c(-c3noc(-c4ccc(OC(C)C)c(C#N)c4)n3)cccc21. The molecule has 0 unspecified atom stereocenters. The van der Waals surface area contributed by atoms with Crippen LogP contribution in [0.2, 0.25) is 0 Å². The number of nitrogens with zero attached hydrogens (tertiary/aromatic N) is 3. The van der Waals surface area contributed by atoms with Crippen LogP contribution in [0.25, 0.3) is 22.8 Å². The lowest BCUT2D eigenvalue weighted by Crippen LogP contribution is -2.18. The highest BCUT2D eigenvalue weighted by molar-refractivity contribution is 5.67. The number of ether oxygens (including phenoxy) is 1. The van der Waals surface area contributed by atoms with E-state index in [1.165, 1.54) is 11.1 Å². The molecule has 1 aliphatic carbocycles. The third-order valence-electron chi connectivity index (χ3n) is 5.10. The first-order valence-corrected chi connectivity index (χ1v) is 10.0. The Morgan fingerprint density at radius 3 is 2.93 bits per heavy atom. The van der Waals surface area contributed by atoms with Crippen molar-refractivity contribution in [2.45, 2.75) is 45.8 Å². The first-order valence-electron chi connectivity index (χ1n) is 10.0. The van der Waals surface area contributed by atoms with Crippen LogP contribution in [-0.2, 0) is 6.42 Å². The summed E-state index contributed by atoms with van der Waals surface area (Å²) in [5, 5.41) is 17.2. The maximum Gasteiger partial charge on any atom is 0.258 e. The lowest BCUT2D eigenvalue weighted by atomic mass is 10.0. The number of hydrogen-bond donors (Lipinski definition) is 1. The lowest BCUT2D eigenvalue weighted by molar-refractivity contribution is 0.242. The van der Waals surface area contributed by atoms with E-state index in [4.69, 9.17) is 9.26 Å². The van der Waals surface area contributed by atoms with Crippen LogP contribution in [-0.4, -0.2) is 22.8 Å². The second-order valence-electron chi connectivity index (χ2n) is 7.43. The Morgan fingerprint density at radius 1 is 1.31 bits per heavy atom. The summed E-state index contributed by atoms with van der Waals surface area (Å²) in [4.78, 5) is 4.62. The Hall–Kier alpha value is -3.17. The van der Waals surface area contributed by atoms with Crippen molar-refractivity contribution in [1.82, 2.24) is 15.5 Å². The molecule has 29 heavy (non-hydrogen) atoms. The van der Waals surface area contributed by atoms with Gasteiger partial charge in [-0.1, -0.05) is 30.3 Å². The summed E-state index contributed by atoms with van der Waals surface area (Å²) in [6.07, 6.45) is 2.06. The molecule has 0 amide bonds. The van der Waals surface area contributed by atoms with Crippen LogP contribution < -0.4 is 10.1 Å². The molecule has 0 radical (unpaired) electrons. The lowest BCUT2D eigenvalue weighted by Gasteiger charge is -2.12. The molecule has 148 valence electrons. The van der Waals surface area contributed by atoms with Gasteiger partial charge in [0.25, 0.3) is 5.89 Å². The third-order valence-corrected chi connectivity index (χ3v) is 5.10. The topological polar surface area (TPSA) is 84.0 Å². The zero-order chi connectivity index (χ0) is 20.4. The molecule has 6 heteroatoms. The normalized spacial score (nSPS) is 15.3. The molecule has 2 aromatic carbocycles. The van der Waals surface area contributed by atoms with E-state index in [-0.39, 0.29) is 6.10 Å². The van der Waals surface area contributed by atoms with Gasteiger partial charge >= 0.3 is 0 Å². The van der Waals surface area contributed by atoms with Gasteiger partial charge in [-0.3, -0.25) is 0 Å². The molecule has 0 bridgehead atoms. The molecular formula is C23H24N4O2.